The summed E-state index contributed by atoms with van der Waals surface area (Å²) < 4.78 is 1.84. The van der Waals surface area contributed by atoms with Crippen LogP contribution in [-0.2, 0) is 5.66 Å². The Balaban J connectivity index is 2.19. The Morgan fingerprint density at radius 1 is 1.13 bits per heavy atom. The second-order valence-corrected chi connectivity index (χ2v) is 3.69. The van der Waals surface area contributed by atoms with Crippen molar-refractivity contribution >= 4 is 5.82 Å². The van der Waals surface area contributed by atoms with Gasteiger partial charge in [0.05, 0.1) is 6.20 Å². The van der Waals surface area contributed by atoms with Crippen molar-refractivity contribution in [1.82, 2.24) is 9.78 Å². The molecule has 1 aliphatic heterocycles. The maximum Gasteiger partial charge on any atom is 0.197 e. The Morgan fingerprint density at radius 3 is 2.73 bits per heavy atom. The molecule has 0 N–H and O–H groups in total. The lowest BCUT2D eigenvalue weighted by molar-refractivity contribution is 0.390. The molecule has 0 radical (unpaired) electrons. The predicted octanol–water partition coefficient (Wildman–Crippen LogP) is 2.70. The van der Waals surface area contributed by atoms with E-state index in [4.69, 9.17) is 0 Å². The zero-order valence-corrected chi connectivity index (χ0v) is 8.33. The molecule has 0 bridgehead atoms. The van der Waals surface area contributed by atoms with Gasteiger partial charge in [0.1, 0.15) is 0 Å². The van der Waals surface area contributed by atoms with E-state index in [-0.39, 0.29) is 0 Å². The third-order valence-electron chi connectivity index (χ3n) is 2.70. The van der Waals surface area contributed by atoms with Gasteiger partial charge in [0.2, 0.25) is 0 Å². The van der Waals surface area contributed by atoms with E-state index in [1.807, 2.05) is 48.0 Å². The topological polar surface area (TPSA) is 42.5 Å². The molecule has 0 saturated heterocycles. The zero-order valence-electron chi connectivity index (χ0n) is 8.33. The smallest absolute Gasteiger partial charge is 0.197 e. The fourth-order valence-electron chi connectivity index (χ4n) is 1.83. The highest BCUT2D eigenvalue weighted by molar-refractivity contribution is 5.35. The molecule has 1 unspecified atom stereocenters. The van der Waals surface area contributed by atoms with Gasteiger partial charge in [-0.3, -0.25) is 0 Å². The molecule has 2 aromatic rings. The summed E-state index contributed by atoms with van der Waals surface area (Å²) in [5.74, 6) is 0.807. The SMILES string of the molecule is CC1(c2ccccc2)N=Nc2ccnn21. The lowest BCUT2D eigenvalue weighted by Crippen LogP contribution is -2.26. The van der Waals surface area contributed by atoms with Crippen molar-refractivity contribution in [2.24, 2.45) is 10.2 Å². The number of nitrogens with zero attached hydrogens (tertiary/aromatic N) is 4. The van der Waals surface area contributed by atoms with Crippen molar-refractivity contribution in [3.63, 3.8) is 0 Å². The second-order valence-electron chi connectivity index (χ2n) is 3.69. The van der Waals surface area contributed by atoms with E-state index < -0.39 is 5.66 Å². The number of rotatable bonds is 1. The minimum absolute atomic E-state index is 0.486. The summed E-state index contributed by atoms with van der Waals surface area (Å²) in [6, 6.07) is 11.9. The van der Waals surface area contributed by atoms with Crippen LogP contribution >= 0.6 is 0 Å². The van der Waals surface area contributed by atoms with Crippen LogP contribution in [-0.4, -0.2) is 9.78 Å². The van der Waals surface area contributed by atoms with Gasteiger partial charge < -0.3 is 0 Å². The molecule has 0 saturated carbocycles. The maximum atomic E-state index is 4.29. The van der Waals surface area contributed by atoms with Crippen molar-refractivity contribution < 1.29 is 0 Å². The van der Waals surface area contributed by atoms with Gasteiger partial charge in [0.25, 0.3) is 0 Å². The molecule has 1 aromatic carbocycles. The first kappa shape index (κ1) is 8.35. The van der Waals surface area contributed by atoms with E-state index in [2.05, 4.69) is 15.3 Å². The molecule has 0 amide bonds. The number of hydrogen-bond acceptors (Lipinski definition) is 3. The lowest BCUT2D eigenvalue weighted by atomic mass is 10.0. The number of azo groups is 1. The van der Waals surface area contributed by atoms with E-state index in [9.17, 15) is 0 Å². The van der Waals surface area contributed by atoms with Crippen LogP contribution in [0, 0.1) is 0 Å². The highest BCUT2D eigenvalue weighted by Gasteiger charge is 2.35. The summed E-state index contributed by atoms with van der Waals surface area (Å²) in [5.41, 5.74) is 0.608. The zero-order chi connectivity index (χ0) is 10.3. The van der Waals surface area contributed by atoms with E-state index in [0.29, 0.717) is 0 Å². The number of hydrogen-bond donors (Lipinski definition) is 0. The quantitative estimate of drug-likeness (QED) is 0.694. The van der Waals surface area contributed by atoms with E-state index in [1.54, 1.807) is 6.20 Å². The molecule has 0 fully saturated rings. The summed E-state index contributed by atoms with van der Waals surface area (Å²) >= 11 is 0. The first-order chi connectivity index (χ1) is 7.31. The largest absolute Gasteiger partial charge is 0.212 e. The Morgan fingerprint density at radius 2 is 1.93 bits per heavy atom. The van der Waals surface area contributed by atoms with Gasteiger partial charge in [-0.1, -0.05) is 30.3 Å². The van der Waals surface area contributed by atoms with Crippen LogP contribution in [0.25, 0.3) is 0 Å². The number of fused-ring (bicyclic) bond motifs is 1. The van der Waals surface area contributed by atoms with Crippen molar-refractivity contribution in [1.29, 1.82) is 0 Å². The van der Waals surface area contributed by atoms with Gasteiger partial charge in [0.15, 0.2) is 11.5 Å². The van der Waals surface area contributed by atoms with E-state index >= 15 is 0 Å². The van der Waals surface area contributed by atoms with Gasteiger partial charge >= 0.3 is 0 Å². The average molecular weight is 198 g/mol. The summed E-state index contributed by atoms with van der Waals surface area (Å²) in [4.78, 5) is 0. The van der Waals surface area contributed by atoms with Crippen molar-refractivity contribution in [3.05, 3.63) is 48.2 Å². The molecule has 0 spiro atoms. The van der Waals surface area contributed by atoms with Crippen LogP contribution in [0.1, 0.15) is 12.5 Å². The van der Waals surface area contributed by atoms with E-state index in [0.717, 1.165) is 11.4 Å². The predicted molar refractivity (Wildman–Crippen MR) is 55.9 cm³/mol. The van der Waals surface area contributed by atoms with Crippen LogP contribution < -0.4 is 0 Å². The van der Waals surface area contributed by atoms with Crippen molar-refractivity contribution in [3.8, 4) is 0 Å². The van der Waals surface area contributed by atoms with Crippen LogP contribution in [0.3, 0.4) is 0 Å². The average Bonchev–Trinajstić information content (AvgIpc) is 2.85. The molecule has 74 valence electrons. The minimum Gasteiger partial charge on any atom is -0.212 e. The first-order valence-corrected chi connectivity index (χ1v) is 4.84. The molecule has 1 aromatic heterocycles. The molecule has 4 nitrogen and oxygen atoms in total. The fourth-order valence-corrected chi connectivity index (χ4v) is 1.83. The molecular weight excluding hydrogens is 188 g/mol. The lowest BCUT2D eigenvalue weighted by Gasteiger charge is -2.20. The van der Waals surface area contributed by atoms with Crippen LogP contribution in [0.5, 0.6) is 0 Å². The molecular formula is C11H10N4. The Bertz CT molecular complexity index is 514. The number of benzene rings is 1. The third-order valence-corrected chi connectivity index (χ3v) is 2.70. The maximum absolute atomic E-state index is 4.29. The first-order valence-electron chi connectivity index (χ1n) is 4.84. The summed E-state index contributed by atoms with van der Waals surface area (Å²) in [6.45, 7) is 2.01. The standard InChI is InChI=1S/C11H10N4/c1-11(9-5-3-2-4-6-9)14-13-10-7-8-12-15(10)11/h2-8H,1H3. The minimum atomic E-state index is -0.486. The molecule has 2 heterocycles. The van der Waals surface area contributed by atoms with Crippen molar-refractivity contribution in [2.75, 3.05) is 0 Å². The Kier molecular flexibility index (Phi) is 1.54. The molecule has 1 atom stereocenters. The highest BCUT2D eigenvalue weighted by Crippen LogP contribution is 2.37. The Labute approximate surface area is 87.3 Å². The fraction of sp³-hybridized carbons (Fsp3) is 0.182. The van der Waals surface area contributed by atoms with Gasteiger partial charge in [-0.2, -0.15) is 10.2 Å². The van der Waals surface area contributed by atoms with Crippen LogP contribution in [0.15, 0.2) is 52.8 Å². The van der Waals surface area contributed by atoms with Crippen LogP contribution in [0.2, 0.25) is 0 Å². The second kappa shape index (κ2) is 2.76. The Hall–Kier alpha value is -1.97. The highest BCUT2D eigenvalue weighted by atomic mass is 15.5. The molecule has 4 heteroatoms. The van der Waals surface area contributed by atoms with Crippen molar-refractivity contribution in [2.45, 2.75) is 12.6 Å². The molecule has 0 aliphatic carbocycles. The third kappa shape index (κ3) is 1.05. The molecule has 15 heavy (non-hydrogen) atoms. The van der Waals surface area contributed by atoms with E-state index in [1.165, 1.54) is 0 Å². The number of aromatic nitrogens is 2. The van der Waals surface area contributed by atoms with Gasteiger partial charge in [-0.05, 0) is 6.92 Å². The van der Waals surface area contributed by atoms with Crippen LogP contribution in [0.4, 0.5) is 5.82 Å². The normalized spacial score (nSPS) is 23.0. The summed E-state index contributed by atoms with van der Waals surface area (Å²) in [5, 5.41) is 12.7. The van der Waals surface area contributed by atoms with Gasteiger partial charge in [0, 0.05) is 11.6 Å². The summed E-state index contributed by atoms with van der Waals surface area (Å²) in [7, 11) is 0. The summed E-state index contributed by atoms with van der Waals surface area (Å²) in [6.07, 6.45) is 1.74. The molecule has 3 rings (SSSR count). The van der Waals surface area contributed by atoms with Gasteiger partial charge in [-0.15, -0.1) is 5.11 Å². The molecule has 1 aliphatic rings. The monoisotopic (exact) mass is 198 g/mol. The van der Waals surface area contributed by atoms with Gasteiger partial charge in [-0.25, -0.2) is 4.68 Å².